The molecule has 0 radical (unpaired) electrons. The Morgan fingerprint density at radius 2 is 1.83 bits per heavy atom. The van der Waals surface area contributed by atoms with Crippen LogP contribution in [0.5, 0.6) is 0 Å². The number of carboxylic acids is 1. The lowest BCUT2D eigenvalue weighted by Gasteiger charge is -2.23. The molecular formula is C17H23NO5S. The van der Waals surface area contributed by atoms with Gasteiger partial charge in [-0.1, -0.05) is 25.3 Å². The van der Waals surface area contributed by atoms with Crippen LogP contribution in [0.3, 0.4) is 0 Å². The molecule has 2 atom stereocenters. The van der Waals surface area contributed by atoms with Gasteiger partial charge >= 0.3 is 5.97 Å². The maximum absolute atomic E-state index is 12.6. The van der Waals surface area contributed by atoms with Crippen molar-refractivity contribution in [1.82, 2.24) is 5.32 Å². The quantitative estimate of drug-likeness (QED) is 0.808. The average molecular weight is 353 g/mol. The van der Waals surface area contributed by atoms with Crippen molar-refractivity contribution in [2.24, 2.45) is 5.92 Å². The number of rotatable bonds is 4. The summed E-state index contributed by atoms with van der Waals surface area (Å²) in [5.74, 6) is -1.92. The molecule has 1 fully saturated rings. The number of amides is 1. The monoisotopic (exact) mass is 353 g/mol. The standard InChI is InChI=1S/C17H23NO5S/c1-11-8-9-12(24(2,22)23)10-14(11)16(19)18-15-7-5-3-4-6-13(15)17(20)21/h8-10,13,15H,3-7H2,1-2H3,(H,18,19)(H,20,21)/t13-,15+/m1/s1. The Kier molecular flexibility index (Phi) is 5.64. The Balaban J connectivity index is 2.26. The highest BCUT2D eigenvalue weighted by Crippen LogP contribution is 2.25. The first kappa shape index (κ1) is 18.4. The maximum atomic E-state index is 12.6. The van der Waals surface area contributed by atoms with E-state index in [1.807, 2.05) is 0 Å². The molecular weight excluding hydrogens is 330 g/mol. The molecule has 0 aliphatic heterocycles. The van der Waals surface area contributed by atoms with Crippen LogP contribution in [0.25, 0.3) is 0 Å². The van der Waals surface area contributed by atoms with Crippen molar-refractivity contribution in [3.8, 4) is 0 Å². The van der Waals surface area contributed by atoms with Gasteiger partial charge in [0.05, 0.1) is 10.8 Å². The van der Waals surface area contributed by atoms with Gasteiger partial charge in [-0.25, -0.2) is 8.42 Å². The number of aryl methyl sites for hydroxylation is 1. The van der Waals surface area contributed by atoms with E-state index in [0.29, 0.717) is 18.4 Å². The zero-order chi connectivity index (χ0) is 17.9. The van der Waals surface area contributed by atoms with Crippen molar-refractivity contribution in [3.63, 3.8) is 0 Å². The molecule has 1 aliphatic rings. The summed E-state index contributed by atoms with van der Waals surface area (Å²) in [6, 6.07) is 3.98. The van der Waals surface area contributed by atoms with Gasteiger partial charge in [-0.15, -0.1) is 0 Å². The van der Waals surface area contributed by atoms with Crippen LogP contribution in [0.15, 0.2) is 23.1 Å². The highest BCUT2D eigenvalue weighted by molar-refractivity contribution is 7.90. The summed E-state index contributed by atoms with van der Waals surface area (Å²) in [6.45, 7) is 1.72. The SMILES string of the molecule is Cc1ccc(S(C)(=O)=O)cc1C(=O)N[C@H]1CCCCC[C@H]1C(=O)O. The lowest BCUT2D eigenvalue weighted by Crippen LogP contribution is -2.43. The summed E-state index contributed by atoms with van der Waals surface area (Å²) in [5.41, 5.74) is 0.923. The number of nitrogens with one attached hydrogen (secondary N) is 1. The molecule has 0 saturated heterocycles. The Morgan fingerprint density at radius 1 is 1.17 bits per heavy atom. The fourth-order valence-corrected chi connectivity index (χ4v) is 3.75. The molecule has 0 bridgehead atoms. The summed E-state index contributed by atoms with van der Waals surface area (Å²) in [6.07, 6.45) is 4.92. The van der Waals surface area contributed by atoms with Gasteiger partial charge in [-0.05, 0) is 37.5 Å². The van der Waals surface area contributed by atoms with Crippen LogP contribution in [-0.4, -0.2) is 37.7 Å². The number of hydrogen-bond donors (Lipinski definition) is 2. The summed E-state index contributed by atoms with van der Waals surface area (Å²) >= 11 is 0. The summed E-state index contributed by atoms with van der Waals surface area (Å²) in [4.78, 5) is 24.1. The summed E-state index contributed by atoms with van der Waals surface area (Å²) in [5, 5.41) is 12.2. The number of sulfone groups is 1. The first-order valence-corrected chi connectivity index (χ1v) is 9.93. The van der Waals surface area contributed by atoms with E-state index in [2.05, 4.69) is 5.32 Å². The number of aliphatic carboxylic acids is 1. The van der Waals surface area contributed by atoms with Crippen molar-refractivity contribution in [1.29, 1.82) is 0 Å². The number of benzene rings is 1. The second-order valence-electron chi connectivity index (χ2n) is 6.41. The van der Waals surface area contributed by atoms with Crippen LogP contribution in [0.2, 0.25) is 0 Å². The lowest BCUT2D eigenvalue weighted by atomic mass is 9.94. The van der Waals surface area contributed by atoms with Gasteiger partial charge in [0.1, 0.15) is 0 Å². The van der Waals surface area contributed by atoms with Gasteiger partial charge in [0.2, 0.25) is 0 Å². The van der Waals surface area contributed by atoms with E-state index >= 15 is 0 Å². The third-order valence-electron chi connectivity index (χ3n) is 4.53. The molecule has 2 rings (SSSR count). The number of hydrogen-bond acceptors (Lipinski definition) is 4. The predicted octanol–water partition coefficient (Wildman–Crippen LogP) is 2.16. The molecule has 0 heterocycles. The highest BCUT2D eigenvalue weighted by atomic mass is 32.2. The van der Waals surface area contributed by atoms with E-state index in [1.165, 1.54) is 12.1 Å². The fraction of sp³-hybridized carbons (Fsp3) is 0.529. The topological polar surface area (TPSA) is 101 Å². The van der Waals surface area contributed by atoms with Gasteiger partial charge in [-0.2, -0.15) is 0 Å². The van der Waals surface area contributed by atoms with Crippen LogP contribution in [0.4, 0.5) is 0 Å². The van der Waals surface area contributed by atoms with Crippen LogP contribution < -0.4 is 5.32 Å². The Hall–Kier alpha value is -1.89. The number of carbonyl (C=O) groups is 2. The molecule has 0 unspecified atom stereocenters. The molecule has 0 aromatic heterocycles. The number of carbonyl (C=O) groups excluding carboxylic acids is 1. The normalized spacial score (nSPS) is 21.8. The molecule has 24 heavy (non-hydrogen) atoms. The van der Waals surface area contributed by atoms with Crippen LogP contribution in [0, 0.1) is 12.8 Å². The second-order valence-corrected chi connectivity index (χ2v) is 8.43. The third kappa shape index (κ3) is 4.35. The Labute approximate surface area is 142 Å². The van der Waals surface area contributed by atoms with Gasteiger partial charge in [-0.3, -0.25) is 9.59 Å². The van der Waals surface area contributed by atoms with E-state index in [0.717, 1.165) is 25.5 Å². The average Bonchev–Trinajstić information content (AvgIpc) is 2.71. The minimum Gasteiger partial charge on any atom is -0.481 e. The Bertz CT molecular complexity index is 741. The maximum Gasteiger partial charge on any atom is 0.308 e. The third-order valence-corrected chi connectivity index (χ3v) is 5.64. The molecule has 2 N–H and O–H groups in total. The summed E-state index contributed by atoms with van der Waals surface area (Å²) in [7, 11) is -3.41. The largest absolute Gasteiger partial charge is 0.481 e. The van der Waals surface area contributed by atoms with Crippen molar-refractivity contribution in [2.75, 3.05) is 6.26 Å². The summed E-state index contributed by atoms with van der Waals surface area (Å²) < 4.78 is 23.4. The first-order valence-electron chi connectivity index (χ1n) is 8.04. The molecule has 132 valence electrons. The van der Waals surface area contributed by atoms with Crippen LogP contribution in [-0.2, 0) is 14.6 Å². The number of carboxylic acid groups (broad SMARTS) is 1. The molecule has 7 heteroatoms. The van der Waals surface area contributed by atoms with E-state index in [4.69, 9.17) is 0 Å². The zero-order valence-electron chi connectivity index (χ0n) is 13.9. The van der Waals surface area contributed by atoms with E-state index in [-0.39, 0.29) is 10.5 Å². The van der Waals surface area contributed by atoms with Gasteiger partial charge < -0.3 is 10.4 Å². The molecule has 6 nitrogen and oxygen atoms in total. The molecule has 1 aliphatic carbocycles. The highest BCUT2D eigenvalue weighted by Gasteiger charge is 2.31. The fourth-order valence-electron chi connectivity index (χ4n) is 3.10. The molecule has 1 aromatic carbocycles. The van der Waals surface area contributed by atoms with E-state index in [1.54, 1.807) is 13.0 Å². The van der Waals surface area contributed by atoms with Gasteiger partial charge in [0, 0.05) is 17.9 Å². The van der Waals surface area contributed by atoms with Crippen molar-refractivity contribution in [3.05, 3.63) is 29.3 Å². The van der Waals surface area contributed by atoms with Crippen molar-refractivity contribution >= 4 is 21.7 Å². The first-order chi connectivity index (χ1) is 11.2. The smallest absolute Gasteiger partial charge is 0.308 e. The van der Waals surface area contributed by atoms with E-state index in [9.17, 15) is 23.1 Å². The van der Waals surface area contributed by atoms with Gasteiger partial charge in [0.25, 0.3) is 5.91 Å². The zero-order valence-corrected chi connectivity index (χ0v) is 14.7. The van der Waals surface area contributed by atoms with Crippen molar-refractivity contribution in [2.45, 2.75) is 50.0 Å². The molecule has 1 aromatic rings. The van der Waals surface area contributed by atoms with Crippen LogP contribution in [0.1, 0.15) is 48.0 Å². The molecule has 1 amide bonds. The minimum absolute atomic E-state index is 0.0777. The molecule has 0 spiro atoms. The van der Waals surface area contributed by atoms with Crippen LogP contribution >= 0.6 is 0 Å². The predicted molar refractivity (Wildman–Crippen MR) is 89.8 cm³/mol. The van der Waals surface area contributed by atoms with E-state index < -0.39 is 33.7 Å². The minimum atomic E-state index is -3.41. The molecule has 1 saturated carbocycles. The van der Waals surface area contributed by atoms with Gasteiger partial charge in [0.15, 0.2) is 9.84 Å². The lowest BCUT2D eigenvalue weighted by molar-refractivity contribution is -0.142. The van der Waals surface area contributed by atoms with Crippen molar-refractivity contribution < 1.29 is 23.1 Å². The Morgan fingerprint density at radius 3 is 2.46 bits per heavy atom. The second kappa shape index (κ2) is 7.34.